The summed E-state index contributed by atoms with van der Waals surface area (Å²) < 4.78 is 0. The van der Waals surface area contributed by atoms with Crippen molar-refractivity contribution in [2.45, 2.75) is 40.2 Å². The van der Waals surface area contributed by atoms with Crippen LogP contribution in [0.25, 0.3) is 0 Å². The Bertz CT molecular complexity index is 282. The Labute approximate surface area is 86.5 Å². The molecule has 1 aromatic heterocycles. The monoisotopic (exact) mass is 192 g/mol. The molecule has 0 aliphatic rings. The number of pyridine rings is 1. The van der Waals surface area contributed by atoms with Gasteiger partial charge in [-0.25, -0.2) is 0 Å². The van der Waals surface area contributed by atoms with Crippen LogP contribution in [0.1, 0.15) is 44.5 Å². The van der Waals surface area contributed by atoms with Crippen molar-refractivity contribution in [1.29, 1.82) is 0 Å². The molecule has 2 N–H and O–H groups in total. The smallest absolute Gasteiger partial charge is 0.0372 e. The molecule has 0 aliphatic carbocycles. The molecule has 0 saturated heterocycles. The molecule has 14 heavy (non-hydrogen) atoms. The number of nitrogens with zero attached hydrogens (tertiary/aromatic N) is 1. The first-order chi connectivity index (χ1) is 6.38. The number of rotatable bonds is 2. The van der Waals surface area contributed by atoms with Crippen LogP contribution in [0.15, 0.2) is 18.3 Å². The van der Waals surface area contributed by atoms with Crippen molar-refractivity contribution in [3.8, 4) is 0 Å². The van der Waals surface area contributed by atoms with Crippen LogP contribution in [0, 0.1) is 12.3 Å². The van der Waals surface area contributed by atoms with Crippen LogP contribution in [-0.2, 0) is 0 Å². The molecule has 0 saturated carbocycles. The number of hydrogen-bond donors (Lipinski definition) is 1. The topological polar surface area (TPSA) is 38.9 Å². The number of aryl methyl sites for hydroxylation is 1. The van der Waals surface area contributed by atoms with Gasteiger partial charge in [-0.1, -0.05) is 26.8 Å². The zero-order valence-electron chi connectivity index (χ0n) is 9.54. The van der Waals surface area contributed by atoms with Crippen molar-refractivity contribution in [2.75, 3.05) is 0 Å². The third-order valence-electron chi connectivity index (χ3n) is 2.19. The quantitative estimate of drug-likeness (QED) is 0.782. The van der Waals surface area contributed by atoms with Gasteiger partial charge in [-0.2, -0.15) is 0 Å². The van der Waals surface area contributed by atoms with Crippen molar-refractivity contribution in [3.05, 3.63) is 29.6 Å². The van der Waals surface area contributed by atoms with E-state index in [0.29, 0.717) is 0 Å². The van der Waals surface area contributed by atoms with Gasteiger partial charge in [0.1, 0.15) is 0 Å². The molecule has 2 nitrogen and oxygen atoms in total. The third-order valence-corrected chi connectivity index (χ3v) is 2.19. The number of nitrogens with two attached hydrogens (primary N) is 1. The van der Waals surface area contributed by atoms with E-state index in [1.165, 1.54) is 0 Å². The van der Waals surface area contributed by atoms with Gasteiger partial charge in [-0.3, -0.25) is 4.98 Å². The lowest BCUT2D eigenvalue weighted by Gasteiger charge is -2.23. The molecular weight excluding hydrogens is 172 g/mol. The van der Waals surface area contributed by atoms with E-state index < -0.39 is 0 Å². The minimum Gasteiger partial charge on any atom is -0.324 e. The Kier molecular flexibility index (Phi) is 3.27. The maximum Gasteiger partial charge on any atom is 0.0372 e. The summed E-state index contributed by atoms with van der Waals surface area (Å²) in [5.74, 6) is 0. The Balaban J connectivity index is 2.70. The van der Waals surface area contributed by atoms with E-state index in [-0.39, 0.29) is 11.5 Å². The summed E-state index contributed by atoms with van der Waals surface area (Å²) in [6, 6.07) is 4.18. The predicted molar refractivity (Wildman–Crippen MR) is 60.0 cm³/mol. The van der Waals surface area contributed by atoms with Crippen LogP contribution in [0.2, 0.25) is 0 Å². The standard InChI is InChI=1S/C12H20N2/c1-9-5-6-10(8-14-9)11(13)7-12(2,3)4/h5-6,8,11H,7,13H2,1-4H3/t11-/m0/s1. The Morgan fingerprint density at radius 3 is 2.43 bits per heavy atom. The SMILES string of the molecule is Cc1ccc([C@@H](N)CC(C)(C)C)cn1. The fraction of sp³-hybridized carbons (Fsp3) is 0.583. The first kappa shape index (κ1) is 11.2. The molecule has 0 aliphatic heterocycles. The van der Waals surface area contributed by atoms with E-state index in [1.54, 1.807) is 0 Å². The molecule has 0 fully saturated rings. The molecule has 1 aromatic rings. The van der Waals surface area contributed by atoms with Crippen LogP contribution in [0.3, 0.4) is 0 Å². The average molecular weight is 192 g/mol. The van der Waals surface area contributed by atoms with Crippen molar-refractivity contribution < 1.29 is 0 Å². The Morgan fingerprint density at radius 1 is 1.36 bits per heavy atom. The summed E-state index contributed by atoms with van der Waals surface area (Å²) in [4.78, 5) is 4.25. The zero-order chi connectivity index (χ0) is 10.8. The van der Waals surface area contributed by atoms with E-state index in [2.05, 4.69) is 31.8 Å². The molecule has 0 amide bonds. The fourth-order valence-corrected chi connectivity index (χ4v) is 1.48. The van der Waals surface area contributed by atoms with Gasteiger partial charge in [0.2, 0.25) is 0 Å². The maximum atomic E-state index is 6.09. The largest absolute Gasteiger partial charge is 0.324 e. The van der Waals surface area contributed by atoms with Crippen molar-refractivity contribution in [1.82, 2.24) is 4.98 Å². The second-order valence-corrected chi connectivity index (χ2v) is 5.10. The highest BCUT2D eigenvalue weighted by atomic mass is 14.7. The molecule has 1 atom stereocenters. The van der Waals surface area contributed by atoms with E-state index in [4.69, 9.17) is 5.73 Å². The molecule has 0 bridgehead atoms. The van der Waals surface area contributed by atoms with Gasteiger partial charge < -0.3 is 5.73 Å². The van der Waals surface area contributed by atoms with Crippen LogP contribution in [0.5, 0.6) is 0 Å². The number of hydrogen-bond acceptors (Lipinski definition) is 2. The Morgan fingerprint density at radius 2 is 2.00 bits per heavy atom. The van der Waals surface area contributed by atoms with Crippen LogP contribution >= 0.6 is 0 Å². The number of aromatic nitrogens is 1. The molecule has 1 rings (SSSR count). The first-order valence-electron chi connectivity index (χ1n) is 5.06. The Hall–Kier alpha value is -0.890. The molecular formula is C12H20N2. The maximum absolute atomic E-state index is 6.09. The van der Waals surface area contributed by atoms with Gasteiger partial charge in [0.05, 0.1) is 0 Å². The van der Waals surface area contributed by atoms with Crippen LogP contribution < -0.4 is 5.73 Å². The average Bonchev–Trinajstić information content (AvgIpc) is 2.02. The van der Waals surface area contributed by atoms with Gasteiger partial charge in [-0.15, -0.1) is 0 Å². The fourth-order valence-electron chi connectivity index (χ4n) is 1.48. The lowest BCUT2D eigenvalue weighted by Crippen LogP contribution is -2.18. The van der Waals surface area contributed by atoms with E-state index in [1.807, 2.05) is 19.2 Å². The third kappa shape index (κ3) is 3.46. The molecule has 0 spiro atoms. The molecule has 0 aromatic carbocycles. The van der Waals surface area contributed by atoms with Crippen molar-refractivity contribution >= 4 is 0 Å². The van der Waals surface area contributed by atoms with Crippen LogP contribution in [-0.4, -0.2) is 4.98 Å². The molecule has 0 unspecified atom stereocenters. The minimum atomic E-state index is 0.100. The highest BCUT2D eigenvalue weighted by Gasteiger charge is 2.16. The summed E-state index contributed by atoms with van der Waals surface area (Å²) in [6.07, 6.45) is 2.86. The lowest BCUT2D eigenvalue weighted by atomic mass is 9.86. The molecule has 0 radical (unpaired) electrons. The normalized spacial score (nSPS) is 14.1. The van der Waals surface area contributed by atoms with E-state index in [9.17, 15) is 0 Å². The summed E-state index contributed by atoms with van der Waals surface area (Å²) in [6.45, 7) is 8.59. The molecule has 2 heteroatoms. The molecule has 1 heterocycles. The van der Waals surface area contributed by atoms with Crippen molar-refractivity contribution in [2.24, 2.45) is 11.1 Å². The van der Waals surface area contributed by atoms with Crippen LogP contribution in [0.4, 0.5) is 0 Å². The molecule has 78 valence electrons. The van der Waals surface area contributed by atoms with Gasteiger partial charge in [-0.05, 0) is 30.4 Å². The van der Waals surface area contributed by atoms with E-state index >= 15 is 0 Å². The van der Waals surface area contributed by atoms with Gasteiger partial charge >= 0.3 is 0 Å². The van der Waals surface area contributed by atoms with E-state index in [0.717, 1.165) is 17.7 Å². The second kappa shape index (κ2) is 4.09. The first-order valence-corrected chi connectivity index (χ1v) is 5.06. The van der Waals surface area contributed by atoms with Crippen molar-refractivity contribution in [3.63, 3.8) is 0 Å². The highest BCUT2D eigenvalue weighted by Crippen LogP contribution is 2.27. The van der Waals surface area contributed by atoms with Gasteiger partial charge in [0.15, 0.2) is 0 Å². The minimum absolute atomic E-state index is 0.100. The summed E-state index contributed by atoms with van der Waals surface area (Å²) >= 11 is 0. The lowest BCUT2D eigenvalue weighted by molar-refractivity contribution is 0.342. The second-order valence-electron chi connectivity index (χ2n) is 5.10. The summed E-state index contributed by atoms with van der Waals surface area (Å²) in [5.41, 5.74) is 8.53. The summed E-state index contributed by atoms with van der Waals surface area (Å²) in [7, 11) is 0. The predicted octanol–water partition coefficient (Wildman–Crippen LogP) is 2.83. The highest BCUT2D eigenvalue weighted by molar-refractivity contribution is 5.16. The van der Waals surface area contributed by atoms with Gasteiger partial charge in [0.25, 0.3) is 0 Å². The van der Waals surface area contributed by atoms with Gasteiger partial charge in [0, 0.05) is 17.9 Å². The summed E-state index contributed by atoms with van der Waals surface area (Å²) in [5, 5.41) is 0. The zero-order valence-corrected chi connectivity index (χ0v) is 9.54.